The van der Waals surface area contributed by atoms with E-state index in [1.807, 2.05) is 4.90 Å². The number of rotatable bonds is 3. The molecule has 1 aromatic rings. The normalized spacial score (nSPS) is 26.9. The van der Waals surface area contributed by atoms with E-state index in [0.717, 1.165) is 25.3 Å². The summed E-state index contributed by atoms with van der Waals surface area (Å²) in [4.78, 5) is 5.61. The fourth-order valence-electron chi connectivity index (χ4n) is 2.49. The number of hydrogen-bond acceptors (Lipinski definition) is 3. The van der Waals surface area contributed by atoms with Crippen LogP contribution in [0.4, 0.5) is 19.0 Å². The van der Waals surface area contributed by atoms with Gasteiger partial charge in [-0.25, -0.2) is 4.98 Å². The van der Waals surface area contributed by atoms with Crippen molar-refractivity contribution in [1.29, 1.82) is 0 Å². The lowest BCUT2D eigenvalue weighted by Crippen LogP contribution is -2.52. The maximum absolute atomic E-state index is 12.7. The Bertz CT molecular complexity index is 473. The van der Waals surface area contributed by atoms with E-state index in [1.54, 1.807) is 6.07 Å². The second kappa shape index (κ2) is 4.37. The molecule has 0 bridgehead atoms. The van der Waals surface area contributed by atoms with Crippen LogP contribution >= 0.6 is 0 Å². The zero-order chi connectivity index (χ0) is 13.6. The summed E-state index contributed by atoms with van der Waals surface area (Å²) in [5, 5.41) is 9.75. The number of nitrogens with zero attached hydrogens (tertiary/aromatic N) is 2. The summed E-state index contributed by atoms with van der Waals surface area (Å²) in [5.74, 6) is 0.334. The molecule has 0 saturated heterocycles. The molecular formula is C13H15F3N2O. The summed E-state index contributed by atoms with van der Waals surface area (Å²) in [6.07, 6.45) is -1.43. The van der Waals surface area contributed by atoms with E-state index in [-0.39, 0.29) is 12.1 Å². The molecule has 2 saturated carbocycles. The van der Waals surface area contributed by atoms with Crippen LogP contribution in [-0.2, 0) is 6.18 Å². The van der Waals surface area contributed by atoms with E-state index in [0.29, 0.717) is 12.2 Å². The predicted octanol–water partition coefficient (Wildman–Crippen LogP) is 2.59. The highest BCUT2D eigenvalue weighted by molar-refractivity contribution is 5.45. The third kappa shape index (κ3) is 2.41. The molecule has 2 aliphatic carbocycles. The van der Waals surface area contributed by atoms with Gasteiger partial charge in [-0.05, 0) is 37.8 Å². The number of pyridine rings is 1. The fourth-order valence-corrected chi connectivity index (χ4v) is 2.49. The van der Waals surface area contributed by atoms with Gasteiger partial charge in [-0.2, -0.15) is 13.2 Å². The lowest BCUT2D eigenvalue weighted by Gasteiger charge is -2.42. The third-order valence-electron chi connectivity index (χ3n) is 3.79. The van der Waals surface area contributed by atoms with E-state index < -0.39 is 18.0 Å². The maximum Gasteiger partial charge on any atom is 0.433 e. The van der Waals surface area contributed by atoms with Gasteiger partial charge in [0.2, 0.25) is 0 Å². The highest BCUT2D eigenvalue weighted by Gasteiger charge is 2.43. The molecule has 6 heteroatoms. The van der Waals surface area contributed by atoms with Crippen molar-refractivity contribution in [2.75, 3.05) is 4.90 Å². The Morgan fingerprint density at radius 1 is 1.16 bits per heavy atom. The van der Waals surface area contributed by atoms with Gasteiger partial charge in [-0.15, -0.1) is 0 Å². The first-order chi connectivity index (χ1) is 8.97. The largest absolute Gasteiger partial charge is 0.433 e. The SMILES string of the molecule is OC1CCC1N(c1cccc(C(F)(F)F)n1)C1CC1. The Morgan fingerprint density at radius 3 is 2.37 bits per heavy atom. The van der Waals surface area contributed by atoms with Gasteiger partial charge in [0.05, 0.1) is 12.1 Å². The van der Waals surface area contributed by atoms with Crippen molar-refractivity contribution in [3.63, 3.8) is 0 Å². The lowest BCUT2D eigenvalue weighted by molar-refractivity contribution is -0.141. The zero-order valence-electron chi connectivity index (χ0n) is 10.3. The van der Waals surface area contributed by atoms with Gasteiger partial charge in [-0.3, -0.25) is 0 Å². The average Bonchev–Trinajstić information content (AvgIpc) is 3.17. The van der Waals surface area contributed by atoms with E-state index in [4.69, 9.17) is 0 Å². The van der Waals surface area contributed by atoms with Crippen LogP contribution in [0.1, 0.15) is 31.4 Å². The summed E-state index contributed by atoms with van der Waals surface area (Å²) >= 11 is 0. The van der Waals surface area contributed by atoms with Crippen molar-refractivity contribution in [2.24, 2.45) is 0 Å². The number of hydrogen-bond donors (Lipinski definition) is 1. The molecular weight excluding hydrogens is 257 g/mol. The molecule has 19 heavy (non-hydrogen) atoms. The number of aromatic nitrogens is 1. The van der Waals surface area contributed by atoms with Crippen LogP contribution in [0.5, 0.6) is 0 Å². The van der Waals surface area contributed by atoms with Gasteiger partial charge in [0.15, 0.2) is 0 Å². The molecule has 104 valence electrons. The summed E-state index contributed by atoms with van der Waals surface area (Å²) in [6.45, 7) is 0. The maximum atomic E-state index is 12.7. The fraction of sp³-hybridized carbons (Fsp3) is 0.615. The van der Waals surface area contributed by atoms with E-state index >= 15 is 0 Å². The number of aliphatic hydroxyl groups is 1. The molecule has 0 radical (unpaired) electrons. The smallest absolute Gasteiger partial charge is 0.391 e. The first kappa shape index (κ1) is 12.7. The minimum absolute atomic E-state index is 0.0801. The second-order valence-corrected chi connectivity index (χ2v) is 5.23. The van der Waals surface area contributed by atoms with Crippen LogP contribution in [0.3, 0.4) is 0 Å². The summed E-state index contributed by atoms with van der Waals surface area (Å²) in [6, 6.07) is 4.11. The number of anilines is 1. The van der Waals surface area contributed by atoms with Gasteiger partial charge in [0.1, 0.15) is 11.5 Å². The topological polar surface area (TPSA) is 36.4 Å². The van der Waals surface area contributed by atoms with E-state index in [1.165, 1.54) is 6.07 Å². The molecule has 0 amide bonds. The Kier molecular flexibility index (Phi) is 2.92. The molecule has 1 aromatic heterocycles. The van der Waals surface area contributed by atoms with Crippen molar-refractivity contribution >= 4 is 5.82 Å². The van der Waals surface area contributed by atoms with Crippen LogP contribution < -0.4 is 4.90 Å². The first-order valence-corrected chi connectivity index (χ1v) is 6.47. The molecule has 1 N–H and O–H groups in total. The number of halogens is 3. The molecule has 2 aliphatic rings. The highest BCUT2D eigenvalue weighted by Crippen LogP contribution is 2.39. The second-order valence-electron chi connectivity index (χ2n) is 5.23. The highest BCUT2D eigenvalue weighted by atomic mass is 19.4. The van der Waals surface area contributed by atoms with Gasteiger partial charge < -0.3 is 10.0 Å². The first-order valence-electron chi connectivity index (χ1n) is 6.47. The van der Waals surface area contributed by atoms with E-state index in [2.05, 4.69) is 4.98 Å². The van der Waals surface area contributed by atoms with Crippen LogP contribution in [0.15, 0.2) is 18.2 Å². The molecule has 1 heterocycles. The van der Waals surface area contributed by atoms with Crippen LogP contribution in [0, 0.1) is 0 Å². The number of alkyl halides is 3. The molecule has 0 spiro atoms. The summed E-state index contributed by atoms with van der Waals surface area (Å²) < 4.78 is 38.1. The number of aliphatic hydroxyl groups excluding tert-OH is 1. The predicted molar refractivity (Wildman–Crippen MR) is 63.8 cm³/mol. The molecule has 0 aliphatic heterocycles. The molecule has 3 rings (SSSR count). The van der Waals surface area contributed by atoms with Crippen LogP contribution in [0.25, 0.3) is 0 Å². The van der Waals surface area contributed by atoms with Gasteiger partial charge in [0.25, 0.3) is 0 Å². The van der Waals surface area contributed by atoms with Crippen molar-refractivity contribution in [3.05, 3.63) is 23.9 Å². The molecule has 2 atom stereocenters. The van der Waals surface area contributed by atoms with Crippen molar-refractivity contribution < 1.29 is 18.3 Å². The molecule has 0 aromatic carbocycles. The Morgan fingerprint density at radius 2 is 1.89 bits per heavy atom. The van der Waals surface area contributed by atoms with Gasteiger partial charge in [-0.1, -0.05) is 6.07 Å². The molecule has 2 unspecified atom stereocenters. The Labute approximate surface area is 109 Å². The van der Waals surface area contributed by atoms with Crippen molar-refractivity contribution in [1.82, 2.24) is 4.98 Å². The third-order valence-corrected chi connectivity index (χ3v) is 3.79. The van der Waals surface area contributed by atoms with E-state index in [9.17, 15) is 18.3 Å². The van der Waals surface area contributed by atoms with Gasteiger partial charge >= 0.3 is 6.18 Å². The van der Waals surface area contributed by atoms with Crippen LogP contribution in [0.2, 0.25) is 0 Å². The minimum atomic E-state index is -4.43. The van der Waals surface area contributed by atoms with Crippen molar-refractivity contribution in [3.8, 4) is 0 Å². The minimum Gasteiger partial charge on any atom is -0.391 e. The Hall–Kier alpha value is -1.30. The average molecular weight is 272 g/mol. The monoisotopic (exact) mass is 272 g/mol. The standard InChI is InChI=1S/C13H15F3N2O/c14-13(15,16)11-2-1-3-12(17-11)18(8-4-5-8)9-6-7-10(9)19/h1-3,8-10,19H,4-7H2. The quantitative estimate of drug-likeness (QED) is 0.918. The van der Waals surface area contributed by atoms with Crippen LogP contribution in [-0.4, -0.2) is 28.3 Å². The van der Waals surface area contributed by atoms with Crippen molar-refractivity contribution in [2.45, 2.75) is 50.0 Å². The lowest BCUT2D eigenvalue weighted by atomic mass is 9.87. The van der Waals surface area contributed by atoms with Gasteiger partial charge in [0, 0.05) is 6.04 Å². The molecule has 3 nitrogen and oxygen atoms in total. The Balaban J connectivity index is 1.90. The summed E-state index contributed by atoms with van der Waals surface area (Å²) in [7, 11) is 0. The zero-order valence-corrected chi connectivity index (χ0v) is 10.3. The molecule has 2 fully saturated rings. The summed E-state index contributed by atoms with van der Waals surface area (Å²) in [5.41, 5.74) is -0.871.